The molecule has 0 aromatic carbocycles. The van der Waals surface area contributed by atoms with E-state index in [-0.39, 0.29) is 11.9 Å². The number of pyridine rings is 1. The van der Waals surface area contributed by atoms with Crippen molar-refractivity contribution in [3.8, 4) is 5.75 Å². The van der Waals surface area contributed by atoms with Gasteiger partial charge in [-0.25, -0.2) is 15.0 Å². The summed E-state index contributed by atoms with van der Waals surface area (Å²) in [5.74, 6) is 1.22. The topological polar surface area (TPSA) is 112 Å². The zero-order valence-corrected chi connectivity index (χ0v) is 15.8. The highest BCUT2D eigenvalue weighted by Gasteiger charge is 2.29. The molecular weight excluding hydrogens is 358 g/mol. The fourth-order valence-electron chi connectivity index (χ4n) is 3.57. The Bertz CT molecular complexity index is 987. The molecule has 0 bridgehead atoms. The maximum absolute atomic E-state index is 12.8. The average molecular weight is 381 g/mol. The van der Waals surface area contributed by atoms with E-state index in [0.717, 1.165) is 30.8 Å². The predicted molar refractivity (Wildman–Crippen MR) is 104 cm³/mol. The highest BCUT2D eigenvalue weighted by Crippen LogP contribution is 2.22. The van der Waals surface area contributed by atoms with Crippen LogP contribution in [-0.4, -0.2) is 54.5 Å². The van der Waals surface area contributed by atoms with Gasteiger partial charge in [-0.05, 0) is 31.9 Å². The van der Waals surface area contributed by atoms with Gasteiger partial charge in [0, 0.05) is 25.7 Å². The van der Waals surface area contributed by atoms with Crippen molar-refractivity contribution in [2.45, 2.75) is 38.8 Å². The fraction of sp³-hybridized carbons (Fsp3) is 0.421. The first-order valence-corrected chi connectivity index (χ1v) is 9.38. The molecule has 3 aromatic heterocycles. The summed E-state index contributed by atoms with van der Waals surface area (Å²) in [5, 5.41) is 0. The molecular formula is C19H23N7O2. The van der Waals surface area contributed by atoms with Gasteiger partial charge in [-0.2, -0.15) is 0 Å². The number of nitrogen functional groups attached to an aromatic ring is 1. The van der Waals surface area contributed by atoms with E-state index in [2.05, 4.69) is 19.9 Å². The van der Waals surface area contributed by atoms with Gasteiger partial charge in [0.15, 0.2) is 11.5 Å². The van der Waals surface area contributed by atoms with Crippen LogP contribution in [0.2, 0.25) is 0 Å². The van der Waals surface area contributed by atoms with Crippen molar-refractivity contribution in [3.05, 3.63) is 36.7 Å². The van der Waals surface area contributed by atoms with E-state index in [1.54, 1.807) is 12.5 Å². The summed E-state index contributed by atoms with van der Waals surface area (Å²) in [6.07, 6.45) is 7.11. The summed E-state index contributed by atoms with van der Waals surface area (Å²) in [7, 11) is 0. The number of nitrogens with zero attached hydrogens (tertiary/aromatic N) is 6. The second-order valence-corrected chi connectivity index (χ2v) is 6.90. The summed E-state index contributed by atoms with van der Waals surface area (Å²) < 4.78 is 7.76. The number of nitrogens with two attached hydrogens (primary N) is 1. The third kappa shape index (κ3) is 3.60. The predicted octanol–water partition coefficient (Wildman–Crippen LogP) is 1.57. The molecule has 4 rings (SSSR count). The van der Waals surface area contributed by atoms with Crippen LogP contribution < -0.4 is 10.5 Å². The van der Waals surface area contributed by atoms with Crippen molar-refractivity contribution in [3.63, 3.8) is 0 Å². The number of hydrogen-bond acceptors (Lipinski definition) is 7. The van der Waals surface area contributed by atoms with Crippen molar-refractivity contribution < 1.29 is 9.53 Å². The number of ether oxygens (including phenoxy) is 1. The molecule has 1 saturated heterocycles. The van der Waals surface area contributed by atoms with Crippen molar-refractivity contribution in [1.29, 1.82) is 0 Å². The molecule has 1 aliphatic heterocycles. The number of carbonyl (C=O) groups is 1. The molecule has 1 atom stereocenters. The van der Waals surface area contributed by atoms with E-state index in [9.17, 15) is 4.79 Å². The highest BCUT2D eigenvalue weighted by atomic mass is 16.5. The lowest BCUT2D eigenvalue weighted by atomic mass is 10.2. The van der Waals surface area contributed by atoms with Crippen LogP contribution in [0.3, 0.4) is 0 Å². The smallest absolute Gasteiger partial charge is 0.224 e. The van der Waals surface area contributed by atoms with Crippen molar-refractivity contribution in [1.82, 2.24) is 29.4 Å². The van der Waals surface area contributed by atoms with E-state index >= 15 is 0 Å². The Morgan fingerprint density at radius 3 is 3.07 bits per heavy atom. The standard InChI is InChI=1S/C19H23N7O2/c1-13-15(5-2-7-21-13)28-10-14-4-3-8-26(14)16(27)6-9-25-12-24-17-18(20)22-11-23-19(17)25/h2,5,7,11-12,14H,3-4,6,8-10H2,1H3,(H2,20,22,23). The molecule has 146 valence electrons. The molecule has 0 aliphatic carbocycles. The number of fused-ring (bicyclic) bond motifs is 1. The number of rotatable bonds is 6. The van der Waals surface area contributed by atoms with Crippen LogP contribution >= 0.6 is 0 Å². The maximum atomic E-state index is 12.8. The van der Waals surface area contributed by atoms with E-state index < -0.39 is 0 Å². The summed E-state index contributed by atoms with van der Waals surface area (Å²) in [6.45, 7) is 3.66. The van der Waals surface area contributed by atoms with Gasteiger partial charge in [0.2, 0.25) is 5.91 Å². The van der Waals surface area contributed by atoms with E-state index in [1.165, 1.54) is 6.33 Å². The minimum Gasteiger partial charge on any atom is -0.490 e. The fourth-order valence-corrected chi connectivity index (χ4v) is 3.57. The van der Waals surface area contributed by atoms with Gasteiger partial charge >= 0.3 is 0 Å². The van der Waals surface area contributed by atoms with Crippen LogP contribution in [0.4, 0.5) is 5.82 Å². The van der Waals surface area contributed by atoms with Crippen molar-refractivity contribution in [2.24, 2.45) is 0 Å². The Hall–Kier alpha value is -3.23. The molecule has 28 heavy (non-hydrogen) atoms. The molecule has 0 saturated carbocycles. The Balaban J connectivity index is 1.37. The Labute approximate surface area is 162 Å². The van der Waals surface area contributed by atoms with Crippen LogP contribution in [0.5, 0.6) is 5.75 Å². The summed E-state index contributed by atoms with van der Waals surface area (Å²) in [6, 6.07) is 3.84. The molecule has 2 N–H and O–H groups in total. The summed E-state index contributed by atoms with van der Waals surface area (Å²) >= 11 is 0. The first kappa shape index (κ1) is 18.1. The van der Waals surface area contributed by atoms with Crippen molar-refractivity contribution in [2.75, 3.05) is 18.9 Å². The third-order valence-electron chi connectivity index (χ3n) is 5.08. The van der Waals surface area contributed by atoms with E-state index in [4.69, 9.17) is 10.5 Å². The van der Waals surface area contributed by atoms with E-state index in [1.807, 2.05) is 28.5 Å². The number of carbonyl (C=O) groups excluding carboxylic acids is 1. The molecule has 9 heteroatoms. The minimum absolute atomic E-state index is 0.0876. The normalized spacial score (nSPS) is 16.6. The van der Waals surface area contributed by atoms with Crippen LogP contribution in [0.1, 0.15) is 25.0 Å². The second-order valence-electron chi connectivity index (χ2n) is 6.90. The largest absolute Gasteiger partial charge is 0.490 e. The monoisotopic (exact) mass is 381 g/mol. The first-order valence-electron chi connectivity index (χ1n) is 9.38. The zero-order chi connectivity index (χ0) is 19.5. The number of aromatic nitrogens is 5. The van der Waals surface area contributed by atoms with Gasteiger partial charge in [0.25, 0.3) is 0 Å². The molecule has 1 amide bonds. The zero-order valence-electron chi connectivity index (χ0n) is 15.8. The Kier molecular flexibility index (Phi) is 5.05. The van der Waals surface area contributed by atoms with Gasteiger partial charge in [-0.1, -0.05) is 0 Å². The lowest BCUT2D eigenvalue weighted by Gasteiger charge is -2.25. The van der Waals surface area contributed by atoms with E-state index in [0.29, 0.717) is 36.6 Å². The molecule has 4 heterocycles. The SMILES string of the molecule is Cc1ncccc1OCC1CCCN1C(=O)CCn1cnc2c(N)ncnc21. The van der Waals surface area contributed by atoms with Gasteiger partial charge in [0.05, 0.1) is 18.1 Å². The number of likely N-dealkylation sites (tertiary alicyclic amines) is 1. The number of anilines is 1. The number of hydrogen-bond donors (Lipinski definition) is 1. The minimum atomic E-state index is 0.0876. The third-order valence-corrected chi connectivity index (χ3v) is 5.08. The Morgan fingerprint density at radius 1 is 1.32 bits per heavy atom. The van der Waals surface area contributed by atoms with Gasteiger partial charge in [-0.3, -0.25) is 9.78 Å². The molecule has 9 nitrogen and oxygen atoms in total. The summed E-state index contributed by atoms with van der Waals surface area (Å²) in [4.78, 5) is 31.4. The van der Waals surface area contributed by atoms with Crippen molar-refractivity contribution >= 4 is 22.9 Å². The van der Waals surface area contributed by atoms with Gasteiger partial charge < -0.3 is 19.9 Å². The van der Waals surface area contributed by atoms with Gasteiger partial charge in [-0.15, -0.1) is 0 Å². The van der Waals surface area contributed by atoms with Crippen LogP contribution in [-0.2, 0) is 11.3 Å². The number of aryl methyl sites for hydroxylation is 2. The van der Waals surface area contributed by atoms with Gasteiger partial charge in [0.1, 0.15) is 24.2 Å². The Morgan fingerprint density at radius 2 is 2.21 bits per heavy atom. The molecule has 1 aliphatic rings. The molecule has 0 radical (unpaired) electrons. The quantitative estimate of drug-likeness (QED) is 0.690. The lowest BCUT2D eigenvalue weighted by molar-refractivity contribution is -0.132. The summed E-state index contributed by atoms with van der Waals surface area (Å²) in [5.41, 5.74) is 7.88. The second kappa shape index (κ2) is 7.79. The molecule has 0 spiro atoms. The maximum Gasteiger partial charge on any atom is 0.224 e. The van der Waals surface area contributed by atoms with Crippen LogP contribution in [0, 0.1) is 6.92 Å². The number of imidazole rings is 1. The molecule has 1 unspecified atom stereocenters. The van der Waals surface area contributed by atoms with Crippen LogP contribution in [0.15, 0.2) is 31.0 Å². The molecule has 3 aromatic rings. The lowest BCUT2D eigenvalue weighted by Crippen LogP contribution is -2.39. The van der Waals surface area contributed by atoms with Crippen LogP contribution in [0.25, 0.3) is 11.2 Å². The first-order chi connectivity index (χ1) is 13.6. The number of amides is 1. The molecule has 1 fully saturated rings. The highest BCUT2D eigenvalue weighted by molar-refractivity contribution is 5.81. The average Bonchev–Trinajstić information content (AvgIpc) is 3.33.